The van der Waals surface area contributed by atoms with Crippen molar-refractivity contribution in [3.63, 3.8) is 0 Å². The van der Waals surface area contributed by atoms with E-state index in [1.165, 1.54) is 26.1 Å². The Labute approximate surface area is 95.2 Å². The van der Waals surface area contributed by atoms with Crippen LogP contribution < -0.4 is 0 Å². The van der Waals surface area contributed by atoms with Gasteiger partial charge >= 0.3 is 0 Å². The van der Waals surface area contributed by atoms with Crippen LogP contribution in [0.4, 0.5) is 0 Å². The molecule has 0 saturated carbocycles. The van der Waals surface area contributed by atoms with E-state index in [0.717, 1.165) is 5.92 Å². The average Bonchev–Trinajstić information content (AvgIpc) is 2.57. The van der Waals surface area contributed by atoms with E-state index in [1.807, 2.05) is 0 Å². The molecule has 2 aliphatic heterocycles. The van der Waals surface area contributed by atoms with E-state index >= 15 is 0 Å². The molecule has 3 unspecified atom stereocenters. The number of fused-ring (bicyclic) bond motifs is 2. The van der Waals surface area contributed by atoms with Crippen LogP contribution in [0.15, 0.2) is 0 Å². The molecule has 15 heavy (non-hydrogen) atoms. The largest absolute Gasteiger partial charge is 0.302 e. The van der Waals surface area contributed by atoms with Gasteiger partial charge in [-0.05, 0) is 35.1 Å². The van der Waals surface area contributed by atoms with Gasteiger partial charge in [0.1, 0.15) is 0 Å². The molecule has 1 heteroatoms. The highest BCUT2D eigenvalue weighted by Crippen LogP contribution is 2.60. The Morgan fingerprint density at radius 2 is 1.67 bits per heavy atom. The summed E-state index contributed by atoms with van der Waals surface area (Å²) in [5.74, 6) is 0.874. The smallest absolute Gasteiger partial charge is 0.00469 e. The molecule has 2 aliphatic rings. The van der Waals surface area contributed by atoms with Gasteiger partial charge in [-0.2, -0.15) is 0 Å². The molecular formula is C14H27N. The molecule has 0 radical (unpaired) electrons. The summed E-state index contributed by atoms with van der Waals surface area (Å²) in [4.78, 5) is 2.68. The number of nitrogens with zero attached hydrogens (tertiary/aromatic N) is 1. The van der Waals surface area contributed by atoms with Crippen molar-refractivity contribution in [1.82, 2.24) is 4.90 Å². The van der Waals surface area contributed by atoms with E-state index < -0.39 is 0 Å². The molecule has 3 atom stereocenters. The third-order valence-electron chi connectivity index (χ3n) is 5.03. The topological polar surface area (TPSA) is 3.24 Å². The Morgan fingerprint density at radius 1 is 1.07 bits per heavy atom. The molecule has 0 spiro atoms. The summed E-state index contributed by atoms with van der Waals surface area (Å²) in [5.41, 5.74) is 1.49. The third-order valence-corrected chi connectivity index (χ3v) is 5.03. The first-order valence-corrected chi connectivity index (χ1v) is 6.39. The van der Waals surface area contributed by atoms with Crippen molar-refractivity contribution in [2.45, 2.75) is 48.0 Å². The predicted octanol–water partition coefficient (Wildman–Crippen LogP) is 3.40. The van der Waals surface area contributed by atoms with Crippen molar-refractivity contribution >= 4 is 0 Å². The molecule has 0 aromatic rings. The Bertz CT molecular complexity index is 255. The van der Waals surface area contributed by atoms with Gasteiger partial charge in [0.15, 0.2) is 0 Å². The van der Waals surface area contributed by atoms with Crippen LogP contribution >= 0.6 is 0 Å². The maximum atomic E-state index is 2.68. The second-order valence-electron chi connectivity index (χ2n) is 7.81. The second kappa shape index (κ2) is 3.00. The first-order chi connectivity index (χ1) is 6.67. The quantitative estimate of drug-likeness (QED) is 0.591. The lowest BCUT2D eigenvalue weighted by Gasteiger charge is -2.50. The predicted molar refractivity (Wildman–Crippen MR) is 65.9 cm³/mol. The molecule has 2 bridgehead atoms. The van der Waals surface area contributed by atoms with E-state index in [4.69, 9.17) is 0 Å². The van der Waals surface area contributed by atoms with E-state index in [1.54, 1.807) is 0 Å². The summed E-state index contributed by atoms with van der Waals surface area (Å²) in [5, 5.41) is 0. The van der Waals surface area contributed by atoms with Crippen LogP contribution in [-0.4, -0.2) is 24.5 Å². The Hall–Kier alpha value is -0.0400. The highest BCUT2D eigenvalue weighted by molar-refractivity contribution is 5.10. The molecule has 0 aliphatic carbocycles. The number of rotatable bonds is 0. The lowest BCUT2D eigenvalue weighted by Crippen LogP contribution is -2.47. The van der Waals surface area contributed by atoms with Gasteiger partial charge in [-0.1, -0.05) is 41.5 Å². The normalized spacial score (nSPS) is 41.2. The summed E-state index contributed by atoms with van der Waals surface area (Å²) in [6.45, 7) is 18.6. The van der Waals surface area contributed by atoms with Crippen LogP contribution in [0.5, 0.6) is 0 Å². The van der Waals surface area contributed by atoms with Crippen molar-refractivity contribution in [2.75, 3.05) is 19.6 Å². The lowest BCUT2D eigenvalue weighted by molar-refractivity contribution is -0.00288. The molecule has 0 N–H and O–H groups in total. The first-order valence-electron chi connectivity index (χ1n) is 6.39. The number of hydrogen-bond acceptors (Lipinski definition) is 1. The monoisotopic (exact) mass is 209 g/mol. The third kappa shape index (κ3) is 1.54. The molecule has 2 fully saturated rings. The minimum absolute atomic E-state index is 0.455. The summed E-state index contributed by atoms with van der Waals surface area (Å²) < 4.78 is 0. The van der Waals surface area contributed by atoms with Crippen LogP contribution in [0.3, 0.4) is 0 Å². The zero-order chi connectivity index (χ0) is 11.5. The van der Waals surface area contributed by atoms with Gasteiger partial charge in [-0.15, -0.1) is 0 Å². The number of piperidine rings is 1. The highest BCUT2D eigenvalue weighted by Gasteiger charge is 2.59. The molecule has 0 amide bonds. The first kappa shape index (κ1) is 11.4. The van der Waals surface area contributed by atoms with Crippen molar-refractivity contribution in [3.05, 3.63) is 0 Å². The molecule has 88 valence electrons. The minimum atomic E-state index is 0.455. The van der Waals surface area contributed by atoms with E-state index in [0.29, 0.717) is 16.2 Å². The fourth-order valence-corrected chi connectivity index (χ4v) is 4.03. The van der Waals surface area contributed by atoms with Gasteiger partial charge in [0.05, 0.1) is 0 Å². The van der Waals surface area contributed by atoms with Crippen LogP contribution in [0, 0.1) is 22.2 Å². The van der Waals surface area contributed by atoms with Crippen LogP contribution in [-0.2, 0) is 0 Å². The lowest BCUT2D eigenvalue weighted by atomic mass is 9.54. The van der Waals surface area contributed by atoms with Crippen molar-refractivity contribution in [1.29, 1.82) is 0 Å². The van der Waals surface area contributed by atoms with Crippen LogP contribution in [0.2, 0.25) is 0 Å². The zero-order valence-corrected chi connectivity index (χ0v) is 11.4. The number of hydrogen-bond donors (Lipinski definition) is 0. The maximum Gasteiger partial charge on any atom is 0.00469 e. The second-order valence-corrected chi connectivity index (χ2v) is 7.81. The summed E-state index contributed by atoms with van der Waals surface area (Å²) >= 11 is 0. The molecular weight excluding hydrogens is 182 g/mol. The molecule has 2 saturated heterocycles. The SMILES string of the molecule is CC(C)(C)C1CN2CCC1(C(C)(C)C)C2. The van der Waals surface area contributed by atoms with Crippen molar-refractivity contribution < 1.29 is 0 Å². The van der Waals surface area contributed by atoms with Crippen molar-refractivity contribution in [2.24, 2.45) is 22.2 Å². The summed E-state index contributed by atoms with van der Waals surface area (Å²) in [6, 6.07) is 0. The molecule has 2 rings (SSSR count). The summed E-state index contributed by atoms with van der Waals surface area (Å²) in [6.07, 6.45) is 1.42. The molecule has 0 aromatic heterocycles. The average molecular weight is 209 g/mol. The van der Waals surface area contributed by atoms with E-state index in [-0.39, 0.29) is 0 Å². The van der Waals surface area contributed by atoms with Gasteiger partial charge in [0.2, 0.25) is 0 Å². The Balaban J connectivity index is 2.36. The molecule has 1 nitrogen and oxygen atoms in total. The fraction of sp³-hybridized carbons (Fsp3) is 1.00. The van der Waals surface area contributed by atoms with Crippen molar-refractivity contribution in [3.8, 4) is 0 Å². The van der Waals surface area contributed by atoms with Gasteiger partial charge in [0, 0.05) is 13.1 Å². The Morgan fingerprint density at radius 3 is 2.00 bits per heavy atom. The zero-order valence-electron chi connectivity index (χ0n) is 11.4. The van der Waals surface area contributed by atoms with Gasteiger partial charge < -0.3 is 4.90 Å². The van der Waals surface area contributed by atoms with Crippen LogP contribution in [0.1, 0.15) is 48.0 Å². The highest BCUT2D eigenvalue weighted by atomic mass is 15.2. The minimum Gasteiger partial charge on any atom is -0.302 e. The summed E-state index contributed by atoms with van der Waals surface area (Å²) in [7, 11) is 0. The van der Waals surface area contributed by atoms with Crippen LogP contribution in [0.25, 0.3) is 0 Å². The van der Waals surface area contributed by atoms with Gasteiger partial charge in [-0.3, -0.25) is 0 Å². The maximum absolute atomic E-state index is 2.68. The van der Waals surface area contributed by atoms with Gasteiger partial charge in [-0.25, -0.2) is 0 Å². The fourth-order valence-electron chi connectivity index (χ4n) is 4.03. The molecule has 0 aromatic carbocycles. The van der Waals surface area contributed by atoms with E-state index in [2.05, 4.69) is 46.4 Å². The van der Waals surface area contributed by atoms with E-state index in [9.17, 15) is 0 Å². The van der Waals surface area contributed by atoms with Gasteiger partial charge in [0.25, 0.3) is 0 Å². The molecule has 2 heterocycles. The standard InChI is InChI=1S/C14H27N/c1-12(2,3)11-9-15-8-7-14(11,10-15)13(4,5)6/h11H,7-10H2,1-6H3. The Kier molecular flexibility index (Phi) is 2.29.